The van der Waals surface area contributed by atoms with Crippen molar-refractivity contribution < 1.29 is 23.1 Å². The van der Waals surface area contributed by atoms with Gasteiger partial charge in [-0.3, -0.25) is 4.79 Å². The van der Waals surface area contributed by atoms with E-state index in [9.17, 15) is 23.1 Å². The molecule has 2 rings (SSSR count). The fourth-order valence-electron chi connectivity index (χ4n) is 1.76. The van der Waals surface area contributed by atoms with Gasteiger partial charge in [0, 0.05) is 16.2 Å². The van der Waals surface area contributed by atoms with Gasteiger partial charge in [0.1, 0.15) is 11.6 Å². The SMILES string of the molecule is CC(=O)c1cc(F)cc(CSc2ccc(F)c(F)c2)c1O. The summed E-state index contributed by atoms with van der Waals surface area (Å²) in [5, 5.41) is 9.93. The fraction of sp³-hybridized carbons (Fsp3) is 0.133. The van der Waals surface area contributed by atoms with E-state index in [-0.39, 0.29) is 22.6 Å². The molecule has 0 amide bonds. The van der Waals surface area contributed by atoms with Crippen molar-refractivity contribution in [3.05, 3.63) is 58.9 Å². The number of aromatic hydroxyl groups is 1. The van der Waals surface area contributed by atoms with Gasteiger partial charge in [-0.15, -0.1) is 11.8 Å². The number of benzene rings is 2. The molecule has 21 heavy (non-hydrogen) atoms. The molecule has 110 valence electrons. The average molecular weight is 312 g/mol. The maximum Gasteiger partial charge on any atom is 0.163 e. The van der Waals surface area contributed by atoms with Crippen LogP contribution in [0.15, 0.2) is 35.2 Å². The zero-order valence-corrected chi connectivity index (χ0v) is 11.8. The van der Waals surface area contributed by atoms with Crippen molar-refractivity contribution in [3.8, 4) is 5.75 Å². The van der Waals surface area contributed by atoms with E-state index in [2.05, 4.69) is 0 Å². The maximum absolute atomic E-state index is 13.4. The van der Waals surface area contributed by atoms with Gasteiger partial charge in [0.2, 0.25) is 0 Å². The molecule has 0 spiro atoms. The summed E-state index contributed by atoms with van der Waals surface area (Å²) in [6, 6.07) is 5.45. The second-order valence-electron chi connectivity index (χ2n) is 4.38. The van der Waals surface area contributed by atoms with Crippen LogP contribution in [0.4, 0.5) is 13.2 Å². The van der Waals surface area contributed by atoms with Crippen molar-refractivity contribution in [1.82, 2.24) is 0 Å². The standard InChI is InChI=1S/C15H11F3O2S/c1-8(19)12-5-10(16)4-9(15(12)20)7-21-11-2-3-13(17)14(18)6-11/h2-6,20H,7H2,1H3. The van der Waals surface area contributed by atoms with Gasteiger partial charge in [-0.25, -0.2) is 13.2 Å². The van der Waals surface area contributed by atoms with Crippen LogP contribution in [-0.4, -0.2) is 10.9 Å². The number of phenols is 1. The normalized spacial score (nSPS) is 10.7. The molecule has 0 aliphatic carbocycles. The number of thioether (sulfide) groups is 1. The van der Waals surface area contributed by atoms with Gasteiger partial charge in [-0.1, -0.05) is 0 Å². The molecule has 0 atom stereocenters. The number of hydrogen-bond donors (Lipinski definition) is 1. The molecule has 6 heteroatoms. The van der Waals surface area contributed by atoms with Crippen LogP contribution in [0.3, 0.4) is 0 Å². The third-order valence-electron chi connectivity index (χ3n) is 2.82. The third kappa shape index (κ3) is 3.58. The summed E-state index contributed by atoms with van der Waals surface area (Å²) in [7, 11) is 0. The number of ketones is 1. The van der Waals surface area contributed by atoms with E-state index >= 15 is 0 Å². The van der Waals surface area contributed by atoms with E-state index in [4.69, 9.17) is 0 Å². The second-order valence-corrected chi connectivity index (χ2v) is 5.43. The van der Waals surface area contributed by atoms with Crippen LogP contribution >= 0.6 is 11.8 Å². The molecule has 0 saturated heterocycles. The molecule has 0 unspecified atom stereocenters. The molecule has 0 aliphatic rings. The van der Waals surface area contributed by atoms with Crippen molar-refractivity contribution in [2.24, 2.45) is 0 Å². The third-order valence-corrected chi connectivity index (χ3v) is 3.86. The minimum atomic E-state index is -0.979. The minimum absolute atomic E-state index is 0.101. The quantitative estimate of drug-likeness (QED) is 0.675. The van der Waals surface area contributed by atoms with Crippen molar-refractivity contribution in [2.75, 3.05) is 0 Å². The molecule has 2 aromatic rings. The molecule has 0 aromatic heterocycles. The van der Waals surface area contributed by atoms with Gasteiger partial charge in [-0.2, -0.15) is 0 Å². The lowest BCUT2D eigenvalue weighted by atomic mass is 10.1. The highest BCUT2D eigenvalue weighted by Crippen LogP contribution is 2.31. The molecule has 0 saturated carbocycles. The number of carbonyl (C=O) groups excluding carboxylic acids is 1. The number of rotatable bonds is 4. The van der Waals surface area contributed by atoms with Crippen molar-refractivity contribution in [1.29, 1.82) is 0 Å². The Morgan fingerprint density at radius 1 is 1.14 bits per heavy atom. The number of hydrogen-bond acceptors (Lipinski definition) is 3. The average Bonchev–Trinajstić information content (AvgIpc) is 2.42. The summed E-state index contributed by atoms with van der Waals surface area (Å²) in [6.45, 7) is 1.22. The number of Topliss-reactive ketones (excluding diaryl/α,β-unsaturated/α-hetero) is 1. The highest BCUT2D eigenvalue weighted by Gasteiger charge is 2.14. The van der Waals surface area contributed by atoms with E-state index < -0.39 is 23.2 Å². The van der Waals surface area contributed by atoms with E-state index in [1.807, 2.05) is 0 Å². The summed E-state index contributed by atoms with van der Waals surface area (Å²) < 4.78 is 39.3. The predicted octanol–water partition coefficient (Wildman–Crippen LogP) is 4.30. The number of phenolic OH excluding ortho intramolecular Hbond substituents is 1. The first-order chi connectivity index (χ1) is 9.88. The first-order valence-electron chi connectivity index (χ1n) is 5.98. The van der Waals surface area contributed by atoms with E-state index in [1.165, 1.54) is 13.0 Å². The first-order valence-corrected chi connectivity index (χ1v) is 6.97. The summed E-state index contributed by atoms with van der Waals surface area (Å²) in [6.07, 6.45) is 0. The molecule has 2 aromatic carbocycles. The number of halogens is 3. The summed E-state index contributed by atoms with van der Waals surface area (Å²) >= 11 is 1.10. The lowest BCUT2D eigenvalue weighted by molar-refractivity contribution is 0.101. The Balaban J connectivity index is 2.23. The van der Waals surface area contributed by atoms with Gasteiger partial charge in [0.05, 0.1) is 5.56 Å². The summed E-state index contributed by atoms with van der Waals surface area (Å²) in [4.78, 5) is 11.7. The van der Waals surface area contributed by atoms with Crippen molar-refractivity contribution in [2.45, 2.75) is 17.6 Å². The Kier molecular flexibility index (Phi) is 4.57. The molecule has 0 bridgehead atoms. The first kappa shape index (κ1) is 15.4. The molecule has 1 N–H and O–H groups in total. The Morgan fingerprint density at radius 2 is 1.86 bits per heavy atom. The highest BCUT2D eigenvalue weighted by atomic mass is 32.2. The largest absolute Gasteiger partial charge is 0.507 e. The summed E-state index contributed by atoms with van der Waals surface area (Å²) in [5.41, 5.74) is 0.116. The summed E-state index contributed by atoms with van der Waals surface area (Å²) in [5.74, 6) is -3.20. The van der Waals surface area contributed by atoms with Crippen LogP contribution in [0, 0.1) is 17.5 Å². The molecule has 0 aliphatic heterocycles. The van der Waals surface area contributed by atoms with Crippen molar-refractivity contribution >= 4 is 17.5 Å². The molecular formula is C15H11F3O2S. The van der Waals surface area contributed by atoms with Gasteiger partial charge >= 0.3 is 0 Å². The molecular weight excluding hydrogens is 301 g/mol. The van der Waals surface area contributed by atoms with E-state index in [0.29, 0.717) is 4.90 Å². The Hall–Kier alpha value is -1.95. The Morgan fingerprint density at radius 3 is 2.48 bits per heavy atom. The zero-order valence-electron chi connectivity index (χ0n) is 11.0. The van der Waals surface area contributed by atoms with Gasteiger partial charge in [-0.05, 0) is 37.3 Å². The lowest BCUT2D eigenvalue weighted by Crippen LogP contribution is -1.97. The smallest absolute Gasteiger partial charge is 0.163 e. The van der Waals surface area contributed by atoms with Crippen LogP contribution in [0.25, 0.3) is 0 Å². The van der Waals surface area contributed by atoms with Crippen LogP contribution in [-0.2, 0) is 5.75 Å². The Bertz CT molecular complexity index is 702. The molecule has 2 nitrogen and oxygen atoms in total. The van der Waals surface area contributed by atoms with Crippen LogP contribution in [0.2, 0.25) is 0 Å². The number of carbonyl (C=O) groups is 1. The molecule has 0 heterocycles. The van der Waals surface area contributed by atoms with Crippen LogP contribution < -0.4 is 0 Å². The van der Waals surface area contributed by atoms with Gasteiger partial charge < -0.3 is 5.11 Å². The second kappa shape index (κ2) is 6.22. The van der Waals surface area contributed by atoms with Gasteiger partial charge in [0.25, 0.3) is 0 Å². The van der Waals surface area contributed by atoms with Crippen LogP contribution in [0.1, 0.15) is 22.8 Å². The minimum Gasteiger partial charge on any atom is -0.507 e. The van der Waals surface area contributed by atoms with E-state index in [1.54, 1.807) is 0 Å². The zero-order chi connectivity index (χ0) is 15.6. The molecule has 0 radical (unpaired) electrons. The van der Waals surface area contributed by atoms with Crippen LogP contribution in [0.5, 0.6) is 5.75 Å². The highest BCUT2D eigenvalue weighted by molar-refractivity contribution is 7.98. The lowest BCUT2D eigenvalue weighted by Gasteiger charge is -2.08. The topological polar surface area (TPSA) is 37.3 Å². The fourth-order valence-corrected chi connectivity index (χ4v) is 2.66. The van der Waals surface area contributed by atoms with Gasteiger partial charge in [0.15, 0.2) is 17.4 Å². The Labute approximate surface area is 123 Å². The molecule has 0 fully saturated rings. The van der Waals surface area contributed by atoms with Crippen molar-refractivity contribution in [3.63, 3.8) is 0 Å². The predicted molar refractivity (Wildman–Crippen MR) is 74.0 cm³/mol. The van der Waals surface area contributed by atoms with E-state index in [0.717, 1.165) is 36.0 Å². The monoisotopic (exact) mass is 312 g/mol. The maximum atomic E-state index is 13.4.